The summed E-state index contributed by atoms with van der Waals surface area (Å²) in [6, 6.07) is 1.26. The molecule has 4 heteroatoms. The topological polar surface area (TPSA) is 41.1 Å². The van der Waals surface area contributed by atoms with Gasteiger partial charge in [0.1, 0.15) is 5.82 Å². The van der Waals surface area contributed by atoms with Crippen LogP contribution in [0.5, 0.6) is 0 Å². The lowest BCUT2D eigenvalue weighted by molar-refractivity contribution is 0.480. The highest BCUT2D eigenvalue weighted by Gasteiger charge is 2.34. The summed E-state index contributed by atoms with van der Waals surface area (Å²) < 4.78 is 0. The Labute approximate surface area is 109 Å². The molecule has 2 fully saturated rings. The van der Waals surface area contributed by atoms with Crippen LogP contribution in [0.15, 0.2) is 6.20 Å². The molecule has 3 rings (SSSR count). The molecule has 2 saturated heterocycles. The third kappa shape index (κ3) is 2.09. The smallest absolute Gasteiger partial charge is 0.147 e. The van der Waals surface area contributed by atoms with E-state index in [9.17, 15) is 0 Å². The molecule has 1 N–H and O–H groups in total. The second kappa shape index (κ2) is 4.84. The van der Waals surface area contributed by atoms with Crippen LogP contribution in [0.1, 0.15) is 37.1 Å². The Balaban J connectivity index is 1.82. The molecule has 0 aromatic carbocycles. The van der Waals surface area contributed by atoms with Gasteiger partial charge in [-0.1, -0.05) is 0 Å². The molecule has 0 radical (unpaired) electrons. The first-order valence-corrected chi connectivity index (χ1v) is 7.06. The molecule has 0 aliphatic carbocycles. The minimum Gasteiger partial charge on any atom is -0.351 e. The van der Waals surface area contributed by atoms with Crippen molar-refractivity contribution in [1.29, 1.82) is 0 Å². The zero-order chi connectivity index (χ0) is 12.5. The third-order valence-corrected chi connectivity index (χ3v) is 4.34. The van der Waals surface area contributed by atoms with Gasteiger partial charge in [0.15, 0.2) is 0 Å². The maximum atomic E-state index is 4.71. The van der Waals surface area contributed by atoms with Crippen LogP contribution < -0.4 is 10.2 Å². The Hall–Kier alpha value is -1.16. The summed E-state index contributed by atoms with van der Waals surface area (Å²) >= 11 is 0. The van der Waals surface area contributed by atoms with E-state index in [0.717, 1.165) is 23.8 Å². The number of rotatable bonds is 2. The molecular weight excluding hydrogens is 224 g/mol. The van der Waals surface area contributed by atoms with Crippen molar-refractivity contribution in [2.24, 2.45) is 0 Å². The van der Waals surface area contributed by atoms with Crippen LogP contribution in [-0.2, 0) is 0 Å². The van der Waals surface area contributed by atoms with Crippen LogP contribution in [0.3, 0.4) is 0 Å². The molecule has 2 aliphatic heterocycles. The maximum absolute atomic E-state index is 4.71. The van der Waals surface area contributed by atoms with Crippen molar-refractivity contribution >= 4 is 5.82 Å². The molecule has 1 aromatic heterocycles. The molecule has 0 amide bonds. The summed E-state index contributed by atoms with van der Waals surface area (Å²) in [5.41, 5.74) is 2.09. The summed E-state index contributed by atoms with van der Waals surface area (Å²) in [7, 11) is 0. The average molecular weight is 246 g/mol. The van der Waals surface area contributed by atoms with E-state index in [1.807, 2.05) is 20.0 Å². The van der Waals surface area contributed by atoms with Crippen molar-refractivity contribution in [2.45, 2.75) is 51.6 Å². The van der Waals surface area contributed by atoms with Gasteiger partial charge in [0.25, 0.3) is 0 Å². The molecule has 4 nitrogen and oxygen atoms in total. The number of hydrogen-bond acceptors (Lipinski definition) is 4. The van der Waals surface area contributed by atoms with E-state index < -0.39 is 0 Å². The lowest BCUT2D eigenvalue weighted by atomic mass is 10.0. The van der Waals surface area contributed by atoms with Gasteiger partial charge < -0.3 is 10.2 Å². The lowest BCUT2D eigenvalue weighted by Crippen LogP contribution is -2.44. The lowest BCUT2D eigenvalue weighted by Gasteiger charge is -2.30. The molecule has 2 unspecified atom stereocenters. The molecule has 98 valence electrons. The van der Waals surface area contributed by atoms with Gasteiger partial charge in [-0.25, -0.2) is 4.98 Å². The Morgan fingerprint density at radius 2 is 2.11 bits per heavy atom. The van der Waals surface area contributed by atoms with Gasteiger partial charge in [-0.15, -0.1) is 0 Å². The summed E-state index contributed by atoms with van der Waals surface area (Å²) in [4.78, 5) is 11.6. The quantitative estimate of drug-likeness (QED) is 0.864. The fraction of sp³-hybridized carbons (Fsp3) is 0.714. The van der Waals surface area contributed by atoms with E-state index in [-0.39, 0.29) is 0 Å². The van der Waals surface area contributed by atoms with Gasteiger partial charge >= 0.3 is 0 Å². The standard InChI is InChI=1S/C14H22N4/c1-10-11(2)17-14(9-16-10)18-8-4-6-13(18)12-5-3-7-15-12/h9,12-13,15H,3-8H2,1-2H3. The Kier molecular flexibility index (Phi) is 3.20. The SMILES string of the molecule is Cc1ncc(N2CCCC2C2CCCN2)nc1C. The van der Waals surface area contributed by atoms with E-state index in [1.54, 1.807) is 0 Å². The second-order valence-corrected chi connectivity index (χ2v) is 5.50. The van der Waals surface area contributed by atoms with E-state index in [4.69, 9.17) is 4.98 Å². The molecule has 2 aliphatic rings. The Morgan fingerprint density at radius 3 is 2.83 bits per heavy atom. The number of nitrogens with zero attached hydrogens (tertiary/aromatic N) is 3. The average Bonchev–Trinajstić information content (AvgIpc) is 3.00. The van der Waals surface area contributed by atoms with Gasteiger partial charge in [-0.3, -0.25) is 4.98 Å². The second-order valence-electron chi connectivity index (χ2n) is 5.50. The number of nitrogens with one attached hydrogen (secondary N) is 1. The first-order valence-electron chi connectivity index (χ1n) is 7.06. The van der Waals surface area contributed by atoms with E-state index >= 15 is 0 Å². The summed E-state index contributed by atoms with van der Waals surface area (Å²) in [6.45, 7) is 6.37. The number of aryl methyl sites for hydroxylation is 2. The van der Waals surface area contributed by atoms with Crippen LogP contribution in [0, 0.1) is 13.8 Å². The number of hydrogen-bond donors (Lipinski definition) is 1. The fourth-order valence-corrected chi connectivity index (χ4v) is 3.20. The van der Waals surface area contributed by atoms with Gasteiger partial charge in [0.2, 0.25) is 0 Å². The van der Waals surface area contributed by atoms with Crippen LogP contribution in [0.4, 0.5) is 5.82 Å². The van der Waals surface area contributed by atoms with Crippen molar-refractivity contribution in [2.75, 3.05) is 18.0 Å². The predicted molar refractivity (Wildman–Crippen MR) is 72.9 cm³/mol. The molecule has 3 heterocycles. The third-order valence-electron chi connectivity index (χ3n) is 4.34. The van der Waals surface area contributed by atoms with Crippen LogP contribution in [-0.4, -0.2) is 35.1 Å². The normalized spacial score (nSPS) is 28.0. The minimum absolute atomic E-state index is 0.615. The molecule has 0 spiro atoms. The zero-order valence-corrected chi connectivity index (χ0v) is 11.3. The summed E-state index contributed by atoms with van der Waals surface area (Å²) in [5, 5.41) is 3.63. The van der Waals surface area contributed by atoms with Crippen molar-refractivity contribution in [3.8, 4) is 0 Å². The zero-order valence-electron chi connectivity index (χ0n) is 11.3. The predicted octanol–water partition coefficient (Wildman–Crippen LogP) is 1.81. The summed E-state index contributed by atoms with van der Waals surface area (Å²) in [5.74, 6) is 1.06. The highest BCUT2D eigenvalue weighted by Crippen LogP contribution is 2.28. The van der Waals surface area contributed by atoms with Crippen molar-refractivity contribution in [3.05, 3.63) is 17.6 Å². The fourth-order valence-electron chi connectivity index (χ4n) is 3.20. The van der Waals surface area contributed by atoms with Gasteiger partial charge in [0.05, 0.1) is 17.6 Å². The molecule has 0 bridgehead atoms. The van der Waals surface area contributed by atoms with E-state index in [2.05, 4.69) is 15.2 Å². The van der Waals surface area contributed by atoms with E-state index in [1.165, 1.54) is 32.2 Å². The van der Waals surface area contributed by atoms with Crippen LogP contribution in [0.2, 0.25) is 0 Å². The first-order chi connectivity index (χ1) is 8.75. The minimum atomic E-state index is 0.615. The van der Waals surface area contributed by atoms with Gasteiger partial charge in [-0.05, 0) is 46.1 Å². The highest BCUT2D eigenvalue weighted by molar-refractivity contribution is 5.41. The maximum Gasteiger partial charge on any atom is 0.147 e. The van der Waals surface area contributed by atoms with Crippen molar-refractivity contribution in [1.82, 2.24) is 15.3 Å². The summed E-state index contributed by atoms with van der Waals surface area (Å²) in [6.07, 6.45) is 7.12. The molecular formula is C14H22N4. The Bertz CT molecular complexity index is 426. The van der Waals surface area contributed by atoms with Gasteiger partial charge in [0, 0.05) is 18.6 Å². The van der Waals surface area contributed by atoms with Crippen LogP contribution >= 0.6 is 0 Å². The molecule has 2 atom stereocenters. The largest absolute Gasteiger partial charge is 0.351 e. The van der Waals surface area contributed by atoms with Crippen molar-refractivity contribution in [3.63, 3.8) is 0 Å². The van der Waals surface area contributed by atoms with Crippen LogP contribution in [0.25, 0.3) is 0 Å². The number of aromatic nitrogens is 2. The van der Waals surface area contributed by atoms with Crippen molar-refractivity contribution < 1.29 is 0 Å². The van der Waals surface area contributed by atoms with E-state index in [0.29, 0.717) is 12.1 Å². The first kappa shape index (κ1) is 11.9. The number of anilines is 1. The molecule has 0 saturated carbocycles. The Morgan fingerprint density at radius 1 is 1.22 bits per heavy atom. The molecule has 18 heavy (non-hydrogen) atoms. The molecule has 1 aromatic rings. The van der Waals surface area contributed by atoms with Gasteiger partial charge in [-0.2, -0.15) is 0 Å². The highest BCUT2D eigenvalue weighted by atomic mass is 15.3. The monoisotopic (exact) mass is 246 g/mol.